The van der Waals surface area contributed by atoms with E-state index >= 15 is 0 Å². The number of hydrogen-bond acceptors (Lipinski definition) is 3. The van der Waals surface area contributed by atoms with Crippen LogP contribution in [0.4, 0.5) is 0 Å². The maximum atomic E-state index is 12.5. The third kappa shape index (κ3) is 3.73. The van der Waals surface area contributed by atoms with E-state index in [0.717, 1.165) is 24.8 Å². The van der Waals surface area contributed by atoms with Crippen molar-refractivity contribution in [2.24, 2.45) is 5.92 Å². The fourth-order valence-electron chi connectivity index (χ4n) is 3.38. The fraction of sp³-hybridized carbons (Fsp3) is 0.368. The van der Waals surface area contributed by atoms with Gasteiger partial charge in [-0.25, -0.2) is 0 Å². The zero-order chi connectivity index (χ0) is 16.2. The van der Waals surface area contributed by atoms with Crippen LogP contribution in [0.15, 0.2) is 47.1 Å². The van der Waals surface area contributed by atoms with E-state index in [1.165, 1.54) is 6.26 Å². The molecule has 1 heterocycles. The number of ketones is 2. The van der Waals surface area contributed by atoms with Crippen molar-refractivity contribution < 1.29 is 14.0 Å². The molecule has 1 aliphatic carbocycles. The van der Waals surface area contributed by atoms with E-state index in [1.807, 2.05) is 24.3 Å². The minimum Gasteiger partial charge on any atom is -0.461 e. The summed E-state index contributed by atoms with van der Waals surface area (Å²) in [5.41, 5.74) is 0.995. The number of hydrogen-bond donors (Lipinski definition) is 0. The summed E-state index contributed by atoms with van der Waals surface area (Å²) < 4.78 is 5.21. The summed E-state index contributed by atoms with van der Waals surface area (Å²) in [7, 11) is 0. The molecule has 1 aromatic heterocycles. The van der Waals surface area contributed by atoms with Crippen LogP contribution >= 0.6 is 11.6 Å². The summed E-state index contributed by atoms with van der Waals surface area (Å²) in [5, 5.41) is 0.653. The van der Waals surface area contributed by atoms with Crippen molar-refractivity contribution >= 4 is 23.2 Å². The smallest absolute Gasteiger partial charge is 0.198 e. The van der Waals surface area contributed by atoms with Crippen molar-refractivity contribution in [3.63, 3.8) is 0 Å². The molecule has 2 atom stereocenters. The van der Waals surface area contributed by atoms with Gasteiger partial charge in [0.25, 0.3) is 0 Å². The first-order valence-corrected chi connectivity index (χ1v) is 8.38. The summed E-state index contributed by atoms with van der Waals surface area (Å²) in [5.74, 6) is 0.352. The van der Waals surface area contributed by atoms with Crippen LogP contribution < -0.4 is 0 Å². The first-order valence-electron chi connectivity index (χ1n) is 8.00. The Morgan fingerprint density at radius 3 is 2.65 bits per heavy atom. The monoisotopic (exact) mass is 330 g/mol. The van der Waals surface area contributed by atoms with Crippen LogP contribution in [0, 0.1) is 5.92 Å². The van der Waals surface area contributed by atoms with Crippen molar-refractivity contribution in [3.8, 4) is 0 Å². The van der Waals surface area contributed by atoms with Gasteiger partial charge in [0.1, 0.15) is 5.78 Å². The summed E-state index contributed by atoms with van der Waals surface area (Å²) in [6.07, 6.45) is 5.23. The Morgan fingerprint density at radius 2 is 2.00 bits per heavy atom. The van der Waals surface area contributed by atoms with Gasteiger partial charge in [-0.15, -0.1) is 0 Å². The molecule has 0 N–H and O–H groups in total. The largest absolute Gasteiger partial charge is 0.461 e. The minimum atomic E-state index is -0.113. The molecule has 1 fully saturated rings. The molecule has 0 bridgehead atoms. The Labute approximate surface area is 140 Å². The standard InChI is InChI=1S/C19H19ClO3/c20-14-9-7-13(8-10-14)16(15-4-1-2-5-17(15)21)12-18(22)19-6-3-11-23-19/h3,6-11,15-16H,1-2,4-5,12H2. The number of furan rings is 1. The molecule has 23 heavy (non-hydrogen) atoms. The molecule has 2 unspecified atom stereocenters. The molecule has 120 valence electrons. The maximum absolute atomic E-state index is 12.5. The van der Waals surface area contributed by atoms with Gasteiger partial charge in [0, 0.05) is 29.7 Å². The Morgan fingerprint density at radius 1 is 1.22 bits per heavy atom. The van der Waals surface area contributed by atoms with Gasteiger partial charge in [-0.1, -0.05) is 30.2 Å². The van der Waals surface area contributed by atoms with Crippen molar-refractivity contribution in [1.29, 1.82) is 0 Å². The molecule has 1 aromatic carbocycles. The van der Waals surface area contributed by atoms with Gasteiger partial charge in [-0.05, 0) is 42.7 Å². The van der Waals surface area contributed by atoms with E-state index in [9.17, 15) is 9.59 Å². The molecule has 1 aliphatic rings. The Balaban J connectivity index is 1.87. The van der Waals surface area contributed by atoms with Crippen LogP contribution in [-0.4, -0.2) is 11.6 Å². The topological polar surface area (TPSA) is 47.3 Å². The van der Waals surface area contributed by atoms with Gasteiger partial charge in [0.2, 0.25) is 0 Å². The first-order chi connectivity index (χ1) is 11.1. The van der Waals surface area contributed by atoms with Crippen LogP contribution in [0.3, 0.4) is 0 Å². The molecule has 0 spiro atoms. The molecule has 0 amide bonds. The Kier molecular flexibility index (Phi) is 4.97. The molecule has 2 aromatic rings. The molecule has 0 aliphatic heterocycles. The average molecular weight is 331 g/mol. The number of carbonyl (C=O) groups excluding carboxylic acids is 2. The van der Waals surface area contributed by atoms with Gasteiger partial charge < -0.3 is 4.42 Å². The van der Waals surface area contributed by atoms with Gasteiger partial charge in [0.05, 0.1) is 6.26 Å². The molecular weight excluding hydrogens is 312 g/mol. The number of rotatable bonds is 5. The zero-order valence-electron chi connectivity index (χ0n) is 12.8. The number of halogens is 1. The highest BCUT2D eigenvalue weighted by molar-refractivity contribution is 6.30. The highest BCUT2D eigenvalue weighted by Crippen LogP contribution is 2.37. The van der Waals surface area contributed by atoms with E-state index in [2.05, 4.69) is 0 Å². The quantitative estimate of drug-likeness (QED) is 0.721. The Bertz CT molecular complexity index is 673. The van der Waals surface area contributed by atoms with E-state index in [0.29, 0.717) is 17.2 Å². The number of Topliss-reactive ketones (excluding diaryl/α,β-unsaturated/α-hetero) is 2. The van der Waals surface area contributed by atoms with Crippen molar-refractivity contribution in [2.75, 3.05) is 0 Å². The second kappa shape index (κ2) is 7.14. The SMILES string of the molecule is O=C(CC(c1ccc(Cl)cc1)C1CCCCC1=O)c1ccco1. The molecular formula is C19H19ClO3. The zero-order valence-corrected chi connectivity index (χ0v) is 13.6. The van der Waals surface area contributed by atoms with Crippen molar-refractivity contribution in [1.82, 2.24) is 0 Å². The summed E-state index contributed by atoms with van der Waals surface area (Å²) in [4.78, 5) is 24.9. The lowest BCUT2D eigenvalue weighted by atomic mass is 9.74. The number of benzene rings is 1. The van der Waals surface area contributed by atoms with Gasteiger partial charge in [-0.2, -0.15) is 0 Å². The fourth-order valence-corrected chi connectivity index (χ4v) is 3.50. The number of carbonyl (C=O) groups is 2. The van der Waals surface area contributed by atoms with Crippen molar-refractivity contribution in [3.05, 3.63) is 59.0 Å². The average Bonchev–Trinajstić information content (AvgIpc) is 3.09. The Hall–Kier alpha value is -1.87. The predicted octanol–water partition coefficient (Wildman–Crippen LogP) is 5.05. The van der Waals surface area contributed by atoms with Gasteiger partial charge >= 0.3 is 0 Å². The normalized spacial score (nSPS) is 19.5. The second-order valence-corrected chi connectivity index (χ2v) is 6.52. The highest BCUT2D eigenvalue weighted by Gasteiger charge is 2.33. The highest BCUT2D eigenvalue weighted by atomic mass is 35.5. The molecule has 4 heteroatoms. The van der Waals surface area contributed by atoms with E-state index < -0.39 is 0 Å². The van der Waals surface area contributed by atoms with Crippen LogP contribution in [-0.2, 0) is 4.79 Å². The maximum Gasteiger partial charge on any atom is 0.198 e. The summed E-state index contributed by atoms with van der Waals surface area (Å²) in [6, 6.07) is 10.8. The molecule has 1 saturated carbocycles. The van der Waals surface area contributed by atoms with Crippen molar-refractivity contribution in [2.45, 2.75) is 38.0 Å². The van der Waals surface area contributed by atoms with Crippen LogP contribution in [0.2, 0.25) is 5.02 Å². The molecule has 0 saturated heterocycles. The lowest BCUT2D eigenvalue weighted by molar-refractivity contribution is -0.125. The molecule has 0 radical (unpaired) electrons. The van der Waals surface area contributed by atoms with Gasteiger partial charge in [-0.3, -0.25) is 9.59 Å². The summed E-state index contributed by atoms with van der Waals surface area (Å²) in [6.45, 7) is 0. The van der Waals surface area contributed by atoms with E-state index in [1.54, 1.807) is 12.1 Å². The summed E-state index contributed by atoms with van der Waals surface area (Å²) >= 11 is 5.97. The predicted molar refractivity (Wildman–Crippen MR) is 88.8 cm³/mol. The van der Waals surface area contributed by atoms with Crippen LogP contribution in [0.1, 0.15) is 54.1 Å². The van der Waals surface area contributed by atoms with Gasteiger partial charge in [0.15, 0.2) is 11.5 Å². The van der Waals surface area contributed by atoms with Crippen LogP contribution in [0.25, 0.3) is 0 Å². The third-order valence-electron chi connectivity index (χ3n) is 4.59. The third-order valence-corrected chi connectivity index (χ3v) is 4.84. The van der Waals surface area contributed by atoms with Crippen LogP contribution in [0.5, 0.6) is 0 Å². The first kappa shape index (κ1) is 16.0. The second-order valence-electron chi connectivity index (χ2n) is 6.08. The van der Waals surface area contributed by atoms with E-state index in [-0.39, 0.29) is 29.8 Å². The van der Waals surface area contributed by atoms with E-state index in [4.69, 9.17) is 16.0 Å². The molecule has 3 nitrogen and oxygen atoms in total. The lowest BCUT2D eigenvalue weighted by Crippen LogP contribution is -2.27. The minimum absolute atomic E-state index is 0.0617. The lowest BCUT2D eigenvalue weighted by Gasteiger charge is -2.29. The molecule has 3 rings (SSSR count).